The average Bonchev–Trinajstić information content (AvgIpc) is 3.17. The highest BCUT2D eigenvalue weighted by atomic mass is 127. The summed E-state index contributed by atoms with van der Waals surface area (Å²) in [7, 11) is -3.15. The van der Waals surface area contributed by atoms with Gasteiger partial charge < -0.3 is 15.1 Å². The zero-order valence-electron chi connectivity index (χ0n) is 17.4. The molecule has 2 saturated heterocycles. The topological polar surface area (TPSA) is 68.2 Å². The third-order valence-electron chi connectivity index (χ3n) is 5.38. The van der Waals surface area contributed by atoms with Gasteiger partial charge in [0.05, 0.1) is 11.9 Å². The van der Waals surface area contributed by atoms with Gasteiger partial charge in [-0.3, -0.25) is 4.99 Å². The van der Waals surface area contributed by atoms with Crippen molar-refractivity contribution in [2.24, 2.45) is 10.9 Å². The number of rotatable bonds is 5. The molecule has 2 fully saturated rings. The van der Waals surface area contributed by atoms with Gasteiger partial charge in [0, 0.05) is 58.4 Å². The lowest BCUT2D eigenvalue weighted by atomic mass is 10.1. The van der Waals surface area contributed by atoms with Gasteiger partial charge in [-0.15, -0.1) is 24.0 Å². The van der Waals surface area contributed by atoms with E-state index in [9.17, 15) is 17.2 Å². The van der Waals surface area contributed by atoms with Crippen LogP contribution in [0.3, 0.4) is 0 Å². The minimum absolute atomic E-state index is 0. The predicted octanol–water partition coefficient (Wildman–Crippen LogP) is 1.95. The van der Waals surface area contributed by atoms with Gasteiger partial charge in [-0.1, -0.05) is 0 Å². The van der Waals surface area contributed by atoms with E-state index in [1.165, 1.54) is 16.6 Å². The molecule has 1 N–H and O–H groups in total. The van der Waals surface area contributed by atoms with Gasteiger partial charge in [-0.05, 0) is 31.4 Å². The van der Waals surface area contributed by atoms with Crippen molar-refractivity contribution in [2.45, 2.75) is 13.3 Å². The molecule has 0 amide bonds. The van der Waals surface area contributed by atoms with Gasteiger partial charge in [-0.2, -0.15) is 0 Å². The molecule has 2 heterocycles. The quantitative estimate of drug-likeness (QED) is 0.341. The van der Waals surface area contributed by atoms with Gasteiger partial charge in [0.1, 0.15) is 11.6 Å². The molecular formula is C19H30F2IN5O2S. The summed E-state index contributed by atoms with van der Waals surface area (Å²) in [6.45, 7) is 6.75. The molecule has 7 nitrogen and oxygen atoms in total. The Balaban J connectivity index is 0.00000320. The average molecular weight is 557 g/mol. The summed E-state index contributed by atoms with van der Waals surface area (Å²) in [6, 6.07) is 3.51. The second-order valence-corrected chi connectivity index (χ2v) is 9.52. The molecule has 0 bridgehead atoms. The van der Waals surface area contributed by atoms with Crippen LogP contribution in [0.15, 0.2) is 23.2 Å². The number of nitrogens with zero attached hydrogens (tertiary/aromatic N) is 4. The molecule has 1 unspecified atom stereocenters. The van der Waals surface area contributed by atoms with E-state index in [1.54, 1.807) is 0 Å². The van der Waals surface area contributed by atoms with Gasteiger partial charge in [-0.25, -0.2) is 21.5 Å². The van der Waals surface area contributed by atoms with E-state index in [4.69, 9.17) is 4.99 Å². The molecular weight excluding hydrogens is 527 g/mol. The Bertz CT molecular complexity index is 847. The van der Waals surface area contributed by atoms with Crippen LogP contribution in [0.25, 0.3) is 0 Å². The smallest absolute Gasteiger partial charge is 0.211 e. The highest BCUT2D eigenvalue weighted by molar-refractivity contribution is 14.0. The first kappa shape index (κ1) is 25.1. The highest BCUT2D eigenvalue weighted by Crippen LogP contribution is 2.22. The molecule has 1 aromatic carbocycles. The lowest BCUT2D eigenvalue weighted by molar-refractivity contribution is 0.369. The largest absolute Gasteiger partial charge is 0.366 e. The Labute approximate surface area is 194 Å². The Morgan fingerprint density at radius 1 is 1.20 bits per heavy atom. The van der Waals surface area contributed by atoms with Crippen LogP contribution in [0.1, 0.15) is 13.3 Å². The van der Waals surface area contributed by atoms with Crippen molar-refractivity contribution in [1.29, 1.82) is 0 Å². The first-order chi connectivity index (χ1) is 13.8. The summed E-state index contributed by atoms with van der Waals surface area (Å²) in [5.41, 5.74) is 0.290. The number of anilines is 1. The Morgan fingerprint density at radius 3 is 2.50 bits per heavy atom. The fourth-order valence-electron chi connectivity index (χ4n) is 3.78. The van der Waals surface area contributed by atoms with E-state index in [2.05, 4.69) is 10.2 Å². The Morgan fingerprint density at radius 2 is 1.90 bits per heavy atom. The minimum atomic E-state index is -3.15. The van der Waals surface area contributed by atoms with Crippen LogP contribution >= 0.6 is 24.0 Å². The lowest BCUT2D eigenvalue weighted by Gasteiger charge is -2.37. The van der Waals surface area contributed by atoms with Crippen LogP contribution in [0, 0.1) is 17.6 Å². The highest BCUT2D eigenvalue weighted by Gasteiger charge is 2.29. The van der Waals surface area contributed by atoms with Crippen molar-refractivity contribution in [3.8, 4) is 0 Å². The maximum absolute atomic E-state index is 14.0. The fraction of sp³-hybridized carbons (Fsp3) is 0.632. The molecule has 2 aliphatic rings. The van der Waals surface area contributed by atoms with Gasteiger partial charge in [0.15, 0.2) is 5.96 Å². The first-order valence-electron chi connectivity index (χ1n) is 9.96. The van der Waals surface area contributed by atoms with Gasteiger partial charge >= 0.3 is 0 Å². The van der Waals surface area contributed by atoms with E-state index in [-0.39, 0.29) is 29.9 Å². The zero-order chi connectivity index (χ0) is 21.0. The molecule has 30 heavy (non-hydrogen) atoms. The maximum atomic E-state index is 14.0. The van der Waals surface area contributed by atoms with E-state index in [0.29, 0.717) is 51.5 Å². The van der Waals surface area contributed by atoms with Crippen LogP contribution in [0.2, 0.25) is 0 Å². The second kappa shape index (κ2) is 10.9. The number of piperazine rings is 1. The number of nitrogens with one attached hydrogen (secondary N) is 1. The van der Waals surface area contributed by atoms with Gasteiger partial charge in [0.2, 0.25) is 10.0 Å². The Kier molecular flexibility index (Phi) is 9.10. The fourth-order valence-corrected chi connectivity index (χ4v) is 4.69. The number of hydrogen-bond acceptors (Lipinski definition) is 4. The maximum Gasteiger partial charge on any atom is 0.211 e. The lowest BCUT2D eigenvalue weighted by Crippen LogP contribution is -2.52. The third-order valence-corrected chi connectivity index (χ3v) is 6.65. The third kappa shape index (κ3) is 6.39. The molecule has 1 atom stereocenters. The normalized spacial score (nSPS) is 20.9. The monoisotopic (exact) mass is 557 g/mol. The number of halogens is 3. The summed E-state index contributed by atoms with van der Waals surface area (Å²) in [5.74, 6) is 0.126. The van der Waals surface area contributed by atoms with E-state index in [1.807, 2.05) is 11.8 Å². The molecule has 0 aromatic heterocycles. The van der Waals surface area contributed by atoms with E-state index in [0.717, 1.165) is 31.1 Å². The molecule has 1 aromatic rings. The van der Waals surface area contributed by atoms with Crippen LogP contribution in [-0.2, 0) is 10.0 Å². The summed E-state index contributed by atoms with van der Waals surface area (Å²) in [5, 5.41) is 3.28. The van der Waals surface area contributed by atoms with Crippen molar-refractivity contribution in [2.75, 3.05) is 63.5 Å². The summed E-state index contributed by atoms with van der Waals surface area (Å²) in [6.07, 6.45) is 2.05. The Hall–Kier alpha value is -1.21. The SMILES string of the molecule is CCNC(=NCC1CCN(S(C)(=O)=O)C1)N1CCN(c2cc(F)ccc2F)CC1.I. The number of sulfonamides is 1. The summed E-state index contributed by atoms with van der Waals surface area (Å²) >= 11 is 0. The zero-order valence-corrected chi connectivity index (χ0v) is 20.5. The van der Waals surface area contributed by atoms with Crippen molar-refractivity contribution in [3.05, 3.63) is 29.8 Å². The van der Waals surface area contributed by atoms with Crippen molar-refractivity contribution in [1.82, 2.24) is 14.5 Å². The molecule has 0 spiro atoms. The van der Waals surface area contributed by atoms with E-state index < -0.39 is 21.7 Å². The molecule has 0 radical (unpaired) electrons. The van der Waals surface area contributed by atoms with Crippen molar-refractivity contribution >= 4 is 45.6 Å². The number of benzene rings is 1. The molecule has 0 saturated carbocycles. The van der Waals surface area contributed by atoms with Crippen LogP contribution in [-0.4, -0.2) is 82.2 Å². The van der Waals surface area contributed by atoms with Crippen LogP contribution in [0.4, 0.5) is 14.5 Å². The van der Waals surface area contributed by atoms with Gasteiger partial charge in [0.25, 0.3) is 0 Å². The molecule has 0 aliphatic carbocycles. The summed E-state index contributed by atoms with van der Waals surface area (Å²) in [4.78, 5) is 8.68. The number of aliphatic imine (C=N–C) groups is 1. The molecule has 11 heteroatoms. The molecule has 170 valence electrons. The number of hydrogen-bond donors (Lipinski definition) is 1. The molecule has 3 rings (SSSR count). The van der Waals surface area contributed by atoms with Crippen molar-refractivity contribution < 1.29 is 17.2 Å². The predicted molar refractivity (Wildman–Crippen MR) is 126 cm³/mol. The molecule has 2 aliphatic heterocycles. The van der Waals surface area contributed by atoms with Crippen molar-refractivity contribution in [3.63, 3.8) is 0 Å². The van der Waals surface area contributed by atoms with Crippen LogP contribution in [0.5, 0.6) is 0 Å². The van der Waals surface area contributed by atoms with E-state index >= 15 is 0 Å². The number of guanidine groups is 1. The second-order valence-electron chi connectivity index (χ2n) is 7.54. The standard InChI is InChI=1S/C19H29F2N5O2S.HI/c1-3-22-19(23-13-15-6-7-26(14-15)29(2,27)28)25-10-8-24(9-11-25)18-12-16(20)4-5-17(18)21;/h4-5,12,15H,3,6-11,13-14H2,1-2H3,(H,22,23);1H. The summed E-state index contributed by atoms with van der Waals surface area (Å²) < 4.78 is 52.4. The van der Waals surface area contributed by atoms with Crippen LogP contribution < -0.4 is 10.2 Å². The first-order valence-corrected chi connectivity index (χ1v) is 11.8. The minimum Gasteiger partial charge on any atom is -0.366 e.